The summed E-state index contributed by atoms with van der Waals surface area (Å²) in [5.41, 5.74) is 0.540. The molecule has 0 saturated heterocycles. The number of aliphatic carboxylic acids is 6. The highest BCUT2D eigenvalue weighted by Crippen LogP contribution is 2.33. The number of carbonyl (C=O) groups is 7. The van der Waals surface area contributed by atoms with E-state index in [1.807, 2.05) is 45.2 Å². The number of hydrogen-bond acceptors (Lipinski definition) is 12. The van der Waals surface area contributed by atoms with Crippen molar-refractivity contribution in [3.8, 4) is 17.2 Å². The van der Waals surface area contributed by atoms with Crippen LogP contribution < -0.4 is 10.1 Å². The fourth-order valence-corrected chi connectivity index (χ4v) is 7.17. The Kier molecular flexibility index (Phi) is 18.6. The van der Waals surface area contributed by atoms with E-state index in [4.69, 9.17) is 4.74 Å². The number of carboxylic acid groups (broad SMARTS) is 6. The molecule has 0 aliphatic carbocycles. The molecule has 19 nitrogen and oxygen atoms in total. The van der Waals surface area contributed by atoms with Gasteiger partial charge in [-0.25, -0.2) is 4.79 Å². The molecule has 2 atom stereocenters. The fraction of sp³-hybridized carbons (Fsp3) is 0.406. The van der Waals surface area contributed by atoms with Crippen molar-refractivity contribution in [2.45, 2.75) is 31.3 Å². The van der Waals surface area contributed by atoms with Crippen molar-refractivity contribution in [1.82, 2.24) is 20.0 Å². The van der Waals surface area contributed by atoms with Crippen LogP contribution >= 0.6 is 45.2 Å². The molecule has 0 aliphatic rings. The lowest BCUT2D eigenvalue weighted by atomic mass is 10.0. The van der Waals surface area contributed by atoms with Crippen LogP contribution in [0, 0.1) is 7.14 Å². The third-order valence-corrected chi connectivity index (χ3v) is 9.00. The molecule has 0 radical (unpaired) electrons. The first kappa shape index (κ1) is 44.8. The van der Waals surface area contributed by atoms with Gasteiger partial charge in [-0.05, 0) is 93.6 Å². The molecule has 0 saturated carbocycles. The minimum atomic E-state index is -1.48. The molecule has 1 amide bonds. The summed E-state index contributed by atoms with van der Waals surface area (Å²) >= 11 is 4.03. The van der Waals surface area contributed by atoms with Crippen molar-refractivity contribution in [3.05, 3.63) is 49.1 Å². The second-order valence-electron chi connectivity index (χ2n) is 11.6. The Morgan fingerprint density at radius 1 is 0.679 bits per heavy atom. The molecule has 2 rings (SSSR count). The number of phenols is 1. The molecule has 0 bridgehead atoms. The molecule has 0 spiro atoms. The Bertz CT molecular complexity index is 1550. The van der Waals surface area contributed by atoms with Gasteiger partial charge in [0.1, 0.15) is 23.6 Å². The maximum Gasteiger partial charge on any atom is 0.326 e. The average Bonchev–Trinajstić information content (AvgIpc) is 3.02. The van der Waals surface area contributed by atoms with E-state index < -0.39 is 92.8 Å². The standard InChI is InChI=1S/C32H38I2N4O15/c33-21-11-18(12-22(34)30(21)53-20-3-1-19(39)2-4-20)13-23(31(49)50)35-25(40)6-5-24(32(51)52)38(9-7-36(14-26(41)42)15-27(43)44)10-8-37(16-28(45)46)17-29(47)48/h1-4,11-12,23-24,39H,5-10,13-17H2,(H,35,40)(H,41,42)(H,43,44)(H,45,46)(H,47,48)(H,49,50)(H,51,52)/t23-,24-/m0/s1. The van der Waals surface area contributed by atoms with Gasteiger partial charge in [0.25, 0.3) is 0 Å². The van der Waals surface area contributed by atoms with Crippen molar-refractivity contribution >= 4 is 86.9 Å². The van der Waals surface area contributed by atoms with Gasteiger partial charge in [-0.2, -0.15) is 0 Å². The first-order valence-corrected chi connectivity index (χ1v) is 17.8. The van der Waals surface area contributed by atoms with Crippen molar-refractivity contribution in [2.24, 2.45) is 0 Å². The quantitative estimate of drug-likeness (QED) is 0.0644. The van der Waals surface area contributed by atoms with Gasteiger partial charge in [-0.1, -0.05) is 0 Å². The SMILES string of the molecule is O=C(O)CN(CCN(CCN(CC(=O)O)CC(=O)O)[C@@H](CCC(=O)N[C@@H](Cc1cc(I)c(Oc2ccc(O)cc2)c(I)c1)C(=O)O)C(=O)O)CC(=O)O. The molecule has 21 heteroatoms. The molecule has 8 N–H and O–H groups in total. The number of benzene rings is 2. The van der Waals surface area contributed by atoms with Gasteiger partial charge in [0.15, 0.2) is 5.75 Å². The van der Waals surface area contributed by atoms with Crippen molar-refractivity contribution in [1.29, 1.82) is 0 Å². The number of aromatic hydroxyl groups is 1. The van der Waals surface area contributed by atoms with Crippen LogP contribution in [0.1, 0.15) is 18.4 Å². The zero-order chi connectivity index (χ0) is 39.8. The van der Waals surface area contributed by atoms with Gasteiger partial charge in [0.05, 0.1) is 33.3 Å². The van der Waals surface area contributed by atoms with Crippen molar-refractivity contribution in [2.75, 3.05) is 52.4 Å². The summed E-state index contributed by atoms with van der Waals surface area (Å²) in [6.45, 7) is -3.89. The fourth-order valence-electron chi connectivity index (χ4n) is 5.05. The van der Waals surface area contributed by atoms with E-state index in [2.05, 4.69) is 5.32 Å². The summed E-state index contributed by atoms with van der Waals surface area (Å²) in [6.07, 6.45) is -1.04. The summed E-state index contributed by atoms with van der Waals surface area (Å²) in [6, 6.07) is 6.50. The number of phenolic OH excluding ortho intramolecular Hbond substituents is 1. The average molecular weight is 972 g/mol. The number of halogens is 2. The maximum absolute atomic E-state index is 13.0. The van der Waals surface area contributed by atoms with E-state index in [0.717, 1.165) is 9.80 Å². The Labute approximate surface area is 329 Å². The van der Waals surface area contributed by atoms with Crippen LogP contribution in [-0.2, 0) is 40.0 Å². The molecule has 0 unspecified atom stereocenters. The lowest BCUT2D eigenvalue weighted by Crippen LogP contribution is -2.50. The van der Waals surface area contributed by atoms with E-state index in [1.54, 1.807) is 24.3 Å². The first-order chi connectivity index (χ1) is 24.8. The summed E-state index contributed by atoms with van der Waals surface area (Å²) in [5.74, 6) is -8.02. The molecule has 53 heavy (non-hydrogen) atoms. The minimum Gasteiger partial charge on any atom is -0.508 e. The molecule has 0 fully saturated rings. The molecule has 0 heterocycles. The minimum absolute atomic E-state index is 0.0595. The predicted octanol–water partition coefficient (Wildman–Crippen LogP) is 0.983. The van der Waals surface area contributed by atoms with E-state index in [-0.39, 0.29) is 38.3 Å². The highest BCUT2D eigenvalue weighted by Gasteiger charge is 2.29. The van der Waals surface area contributed by atoms with Crippen LogP contribution in [-0.4, -0.2) is 157 Å². The molecular weight excluding hydrogens is 934 g/mol. The molecule has 290 valence electrons. The lowest BCUT2D eigenvalue weighted by Gasteiger charge is -2.32. The molecule has 2 aromatic rings. The lowest BCUT2D eigenvalue weighted by molar-refractivity contribution is -0.146. The Hall–Kier alpha value is -4.33. The number of nitrogens with one attached hydrogen (secondary N) is 1. The number of hydrogen-bond donors (Lipinski definition) is 8. The molecule has 0 aromatic heterocycles. The third kappa shape index (κ3) is 16.9. The van der Waals surface area contributed by atoms with Crippen LogP contribution in [0.25, 0.3) is 0 Å². The molecule has 0 aliphatic heterocycles. The van der Waals surface area contributed by atoms with Crippen molar-refractivity contribution < 1.29 is 74.0 Å². The van der Waals surface area contributed by atoms with E-state index in [9.17, 15) is 69.3 Å². The smallest absolute Gasteiger partial charge is 0.326 e. The zero-order valence-corrected chi connectivity index (χ0v) is 32.2. The van der Waals surface area contributed by atoms with Gasteiger partial charge in [0, 0.05) is 39.0 Å². The topological polar surface area (TPSA) is 292 Å². The highest BCUT2D eigenvalue weighted by atomic mass is 127. The van der Waals surface area contributed by atoms with E-state index >= 15 is 0 Å². The molecular formula is C32H38I2N4O15. The van der Waals surface area contributed by atoms with Gasteiger partial charge in [0.2, 0.25) is 5.91 Å². The number of ether oxygens (including phenoxy) is 1. The van der Waals surface area contributed by atoms with E-state index in [0.29, 0.717) is 24.2 Å². The second kappa shape index (κ2) is 22.0. The maximum atomic E-state index is 13.0. The van der Waals surface area contributed by atoms with Gasteiger partial charge in [-0.15, -0.1) is 0 Å². The summed E-state index contributed by atoms with van der Waals surface area (Å²) in [4.78, 5) is 86.1. The Morgan fingerprint density at radius 3 is 1.53 bits per heavy atom. The van der Waals surface area contributed by atoms with Crippen molar-refractivity contribution in [3.63, 3.8) is 0 Å². The van der Waals surface area contributed by atoms with Crippen LogP contribution in [0.15, 0.2) is 36.4 Å². The summed E-state index contributed by atoms with van der Waals surface area (Å²) in [5, 5.41) is 68.7. The Balaban J connectivity index is 2.21. The highest BCUT2D eigenvalue weighted by molar-refractivity contribution is 14.1. The van der Waals surface area contributed by atoms with E-state index in [1.165, 1.54) is 17.0 Å². The van der Waals surface area contributed by atoms with Crippen LogP contribution in [0.2, 0.25) is 0 Å². The number of rotatable bonds is 25. The number of nitrogens with zero attached hydrogens (tertiary/aromatic N) is 3. The van der Waals surface area contributed by atoms with Gasteiger partial charge in [-0.3, -0.25) is 43.5 Å². The normalized spacial score (nSPS) is 12.3. The zero-order valence-electron chi connectivity index (χ0n) is 27.9. The van der Waals surface area contributed by atoms with Gasteiger partial charge >= 0.3 is 35.8 Å². The number of amides is 1. The first-order valence-electron chi connectivity index (χ1n) is 15.6. The van der Waals surface area contributed by atoms with Gasteiger partial charge < -0.3 is 45.8 Å². The summed E-state index contributed by atoms with van der Waals surface area (Å²) < 4.78 is 7.18. The third-order valence-electron chi connectivity index (χ3n) is 7.40. The predicted molar refractivity (Wildman–Crippen MR) is 199 cm³/mol. The van der Waals surface area contributed by atoms with Crippen LogP contribution in [0.3, 0.4) is 0 Å². The molecule has 2 aromatic carbocycles. The number of carbonyl (C=O) groups excluding carboxylic acids is 1. The Morgan fingerprint density at radius 2 is 1.13 bits per heavy atom. The number of carboxylic acids is 6. The van der Waals surface area contributed by atoms with Crippen LogP contribution in [0.4, 0.5) is 0 Å². The van der Waals surface area contributed by atoms with Crippen LogP contribution in [0.5, 0.6) is 17.2 Å². The largest absolute Gasteiger partial charge is 0.508 e. The summed E-state index contributed by atoms with van der Waals surface area (Å²) in [7, 11) is 0. The second-order valence-corrected chi connectivity index (χ2v) is 13.9. The monoisotopic (exact) mass is 972 g/mol.